The van der Waals surface area contributed by atoms with Crippen molar-refractivity contribution in [3.05, 3.63) is 70.3 Å². The van der Waals surface area contributed by atoms with Gasteiger partial charge in [0.15, 0.2) is 0 Å². The van der Waals surface area contributed by atoms with Gasteiger partial charge < -0.3 is 20.9 Å². The minimum atomic E-state index is -4.45. The first kappa shape index (κ1) is 27.9. The van der Waals surface area contributed by atoms with E-state index < -0.39 is 53.1 Å². The van der Waals surface area contributed by atoms with Gasteiger partial charge in [0.2, 0.25) is 0 Å². The first-order valence-corrected chi connectivity index (χ1v) is 11.8. The van der Waals surface area contributed by atoms with Gasteiger partial charge in [0.05, 0.1) is 11.7 Å². The third kappa shape index (κ3) is 7.39. The van der Waals surface area contributed by atoms with Crippen molar-refractivity contribution in [1.29, 1.82) is 0 Å². The maximum Gasteiger partial charge on any atom is 0.416 e. The predicted molar refractivity (Wildman–Crippen MR) is 124 cm³/mol. The zero-order valence-electron chi connectivity index (χ0n) is 20.2. The average molecular weight is 515 g/mol. The van der Waals surface area contributed by atoms with E-state index in [2.05, 4.69) is 5.32 Å². The van der Waals surface area contributed by atoms with Crippen LogP contribution in [-0.4, -0.2) is 29.4 Å². The molecule has 4 N–H and O–H groups in total. The van der Waals surface area contributed by atoms with E-state index in [0.29, 0.717) is 30.4 Å². The molecular weight excluding hydrogens is 483 g/mol. The molecule has 0 fully saturated rings. The molecule has 0 aromatic heterocycles. The van der Waals surface area contributed by atoms with Crippen LogP contribution in [0.25, 0.3) is 0 Å². The van der Waals surface area contributed by atoms with Crippen LogP contribution in [0.15, 0.2) is 36.4 Å². The molecule has 198 valence electrons. The molecule has 1 aliphatic rings. The normalized spacial score (nSPS) is 17.8. The van der Waals surface area contributed by atoms with Gasteiger partial charge in [0.25, 0.3) is 0 Å². The quantitative estimate of drug-likeness (QED) is 0.390. The molecule has 0 bridgehead atoms. The Labute approximate surface area is 206 Å². The summed E-state index contributed by atoms with van der Waals surface area (Å²) in [5.41, 5.74) is 4.53. The summed E-state index contributed by atoms with van der Waals surface area (Å²) in [5.74, 6) is -2.13. The van der Waals surface area contributed by atoms with Gasteiger partial charge >= 0.3 is 12.3 Å². The molecule has 0 radical (unpaired) electrons. The van der Waals surface area contributed by atoms with Crippen molar-refractivity contribution >= 4 is 6.09 Å². The standard InChI is InChI=1S/C26H31F5N2O3/c1-25(2,36-24(32)35)13-16(9-15-10-17(27)12-18(28)11-15)23(34)14-33-22-8-4-5-19-20(22)6-3-7-21(19)26(29,30)31/h3,6-7,10-12,16,22-23,33-34H,4-5,8-9,13-14H2,1-2H3,(H2,32,35)/t16-,22-,23-/m0/s1. The summed E-state index contributed by atoms with van der Waals surface area (Å²) < 4.78 is 73.1. The zero-order chi connectivity index (χ0) is 26.7. The number of hydrogen-bond acceptors (Lipinski definition) is 4. The van der Waals surface area contributed by atoms with E-state index in [-0.39, 0.29) is 24.9 Å². The lowest BCUT2D eigenvalue weighted by Gasteiger charge is -2.34. The number of benzene rings is 2. The number of aliphatic hydroxyl groups is 1. The fourth-order valence-electron chi connectivity index (χ4n) is 5.08. The third-order valence-electron chi connectivity index (χ3n) is 6.48. The Morgan fingerprint density at radius 3 is 2.47 bits per heavy atom. The summed E-state index contributed by atoms with van der Waals surface area (Å²) in [6.45, 7) is 3.22. The highest BCUT2D eigenvalue weighted by molar-refractivity contribution is 5.65. The molecule has 5 nitrogen and oxygen atoms in total. The van der Waals surface area contributed by atoms with E-state index in [0.717, 1.165) is 24.3 Å². The van der Waals surface area contributed by atoms with Crippen molar-refractivity contribution in [2.45, 2.75) is 69.9 Å². The van der Waals surface area contributed by atoms with Crippen LogP contribution in [0.5, 0.6) is 0 Å². The van der Waals surface area contributed by atoms with Crippen molar-refractivity contribution < 1.29 is 36.6 Å². The number of rotatable bonds is 9. The van der Waals surface area contributed by atoms with Crippen LogP contribution in [-0.2, 0) is 23.8 Å². The van der Waals surface area contributed by atoms with Gasteiger partial charge in [0, 0.05) is 18.7 Å². The summed E-state index contributed by atoms with van der Waals surface area (Å²) >= 11 is 0. The Hall–Kier alpha value is -2.72. The highest BCUT2D eigenvalue weighted by atomic mass is 19.4. The van der Waals surface area contributed by atoms with Crippen molar-refractivity contribution in [1.82, 2.24) is 5.32 Å². The van der Waals surface area contributed by atoms with Crippen molar-refractivity contribution in [3.8, 4) is 0 Å². The number of primary amides is 1. The molecule has 2 aromatic carbocycles. The minimum Gasteiger partial charge on any atom is -0.444 e. The van der Waals surface area contributed by atoms with Gasteiger partial charge in [-0.05, 0) is 86.8 Å². The Morgan fingerprint density at radius 2 is 1.86 bits per heavy atom. The summed E-state index contributed by atoms with van der Waals surface area (Å²) in [6, 6.07) is 6.78. The van der Waals surface area contributed by atoms with Crippen LogP contribution in [0.2, 0.25) is 0 Å². The lowest BCUT2D eigenvalue weighted by molar-refractivity contribution is -0.138. The van der Waals surface area contributed by atoms with E-state index in [4.69, 9.17) is 10.5 Å². The molecule has 0 saturated heterocycles. The number of alkyl halides is 3. The number of amides is 1. The number of aliphatic hydroxyl groups excluding tert-OH is 1. The first-order chi connectivity index (χ1) is 16.7. The molecule has 36 heavy (non-hydrogen) atoms. The maximum atomic E-state index is 13.8. The molecule has 3 atom stereocenters. The highest BCUT2D eigenvalue weighted by Gasteiger charge is 2.36. The number of ether oxygens (including phenoxy) is 1. The van der Waals surface area contributed by atoms with E-state index in [1.807, 2.05) is 0 Å². The minimum absolute atomic E-state index is 0.00939. The molecule has 1 aliphatic carbocycles. The molecule has 10 heteroatoms. The second-order valence-electron chi connectivity index (χ2n) is 9.92. The third-order valence-corrected chi connectivity index (χ3v) is 6.48. The molecule has 0 unspecified atom stereocenters. The van der Waals surface area contributed by atoms with E-state index in [1.165, 1.54) is 6.07 Å². The van der Waals surface area contributed by atoms with Crippen LogP contribution < -0.4 is 11.1 Å². The molecule has 3 rings (SSSR count). The number of carbonyl (C=O) groups excluding carboxylic acids is 1. The number of fused-ring (bicyclic) bond motifs is 1. The van der Waals surface area contributed by atoms with Crippen LogP contribution in [0.1, 0.15) is 61.4 Å². The first-order valence-electron chi connectivity index (χ1n) is 11.8. The molecular formula is C26H31F5N2O3. The molecule has 0 spiro atoms. The summed E-state index contributed by atoms with van der Waals surface area (Å²) in [5, 5.41) is 14.2. The summed E-state index contributed by atoms with van der Waals surface area (Å²) in [7, 11) is 0. The summed E-state index contributed by atoms with van der Waals surface area (Å²) in [4.78, 5) is 11.3. The number of nitrogens with one attached hydrogen (secondary N) is 1. The van der Waals surface area contributed by atoms with Gasteiger partial charge in [-0.3, -0.25) is 0 Å². The van der Waals surface area contributed by atoms with E-state index >= 15 is 0 Å². The Kier molecular flexibility index (Phi) is 8.61. The SMILES string of the molecule is CC(C)(C[C@H](Cc1cc(F)cc(F)c1)[C@@H](O)CN[C@H]1CCCc2c1cccc2C(F)(F)F)OC(N)=O. The Balaban J connectivity index is 1.79. The molecule has 2 aromatic rings. The molecule has 0 aliphatic heterocycles. The van der Waals surface area contributed by atoms with Crippen molar-refractivity contribution in [2.24, 2.45) is 11.7 Å². The Morgan fingerprint density at radius 1 is 1.19 bits per heavy atom. The topological polar surface area (TPSA) is 84.6 Å². The highest BCUT2D eigenvalue weighted by Crippen LogP contribution is 2.39. The van der Waals surface area contributed by atoms with Crippen LogP contribution in [0.4, 0.5) is 26.7 Å². The zero-order valence-corrected chi connectivity index (χ0v) is 20.2. The average Bonchev–Trinajstić information content (AvgIpc) is 2.74. The second-order valence-corrected chi connectivity index (χ2v) is 9.92. The van der Waals surface area contributed by atoms with Gasteiger partial charge in [-0.15, -0.1) is 0 Å². The number of carbonyl (C=O) groups is 1. The van der Waals surface area contributed by atoms with Gasteiger partial charge in [-0.1, -0.05) is 12.1 Å². The molecule has 1 amide bonds. The fourth-order valence-corrected chi connectivity index (χ4v) is 5.08. The number of nitrogens with two attached hydrogens (primary N) is 1. The smallest absolute Gasteiger partial charge is 0.416 e. The van der Waals surface area contributed by atoms with Gasteiger partial charge in [0.1, 0.15) is 17.2 Å². The van der Waals surface area contributed by atoms with Crippen molar-refractivity contribution in [3.63, 3.8) is 0 Å². The van der Waals surface area contributed by atoms with Crippen LogP contribution in [0, 0.1) is 17.6 Å². The van der Waals surface area contributed by atoms with Gasteiger partial charge in [-0.2, -0.15) is 13.2 Å². The number of halogens is 5. The monoisotopic (exact) mass is 514 g/mol. The maximum absolute atomic E-state index is 13.8. The summed E-state index contributed by atoms with van der Waals surface area (Å²) in [6.07, 6.45) is -4.86. The second kappa shape index (κ2) is 11.1. The van der Waals surface area contributed by atoms with Crippen molar-refractivity contribution in [2.75, 3.05) is 6.54 Å². The number of hydrogen-bond donors (Lipinski definition) is 3. The fraction of sp³-hybridized carbons (Fsp3) is 0.500. The Bertz CT molecular complexity index is 1050. The lowest BCUT2D eigenvalue weighted by atomic mass is 9.83. The van der Waals surface area contributed by atoms with E-state index in [9.17, 15) is 31.9 Å². The van der Waals surface area contributed by atoms with Gasteiger partial charge in [-0.25, -0.2) is 13.6 Å². The molecule has 0 heterocycles. The lowest BCUT2D eigenvalue weighted by Crippen LogP contribution is -2.41. The largest absolute Gasteiger partial charge is 0.444 e. The predicted octanol–water partition coefficient (Wildman–Crippen LogP) is 5.43. The molecule has 0 saturated carbocycles. The van der Waals surface area contributed by atoms with Crippen LogP contribution >= 0.6 is 0 Å². The van der Waals surface area contributed by atoms with Crippen LogP contribution in [0.3, 0.4) is 0 Å². The van der Waals surface area contributed by atoms with E-state index in [1.54, 1.807) is 19.9 Å².